The van der Waals surface area contributed by atoms with Crippen molar-refractivity contribution in [3.63, 3.8) is 0 Å². The molecule has 5 nitrogen and oxygen atoms in total. The van der Waals surface area contributed by atoms with Gasteiger partial charge in [-0.3, -0.25) is 4.79 Å². The van der Waals surface area contributed by atoms with E-state index in [1.165, 1.54) is 25.7 Å². The van der Waals surface area contributed by atoms with E-state index >= 15 is 0 Å². The van der Waals surface area contributed by atoms with Crippen molar-refractivity contribution in [2.24, 2.45) is 0 Å². The van der Waals surface area contributed by atoms with Crippen LogP contribution in [0.2, 0.25) is 0 Å². The smallest absolute Gasteiger partial charge is 0.268 e. The van der Waals surface area contributed by atoms with Gasteiger partial charge in [-0.15, -0.1) is 0 Å². The van der Waals surface area contributed by atoms with Gasteiger partial charge in [0.05, 0.1) is 11.9 Å². The Balaban J connectivity index is 1.79. The average Bonchev–Trinajstić information content (AvgIpc) is 2.98. The Morgan fingerprint density at radius 3 is 2.86 bits per heavy atom. The topological polar surface area (TPSA) is 50.2 Å². The number of hydrogen-bond acceptors (Lipinski definition) is 4. The van der Waals surface area contributed by atoms with Crippen molar-refractivity contribution < 1.29 is 0 Å². The molecule has 0 unspecified atom stereocenters. The van der Waals surface area contributed by atoms with E-state index in [1.54, 1.807) is 16.9 Å². The fourth-order valence-corrected chi connectivity index (χ4v) is 2.93. The average molecular weight is 292 g/mol. The molecule has 0 radical (unpaired) electrons. The summed E-state index contributed by atoms with van der Waals surface area (Å²) in [5.74, 6) is 0. The van der Waals surface area contributed by atoms with Crippen LogP contribution in [0.15, 0.2) is 17.1 Å². The molecule has 0 spiro atoms. The molecule has 0 atom stereocenters. The van der Waals surface area contributed by atoms with E-state index in [4.69, 9.17) is 0 Å². The van der Waals surface area contributed by atoms with E-state index < -0.39 is 0 Å². The first-order valence-electron chi connectivity index (χ1n) is 8.22. The van der Waals surface area contributed by atoms with Crippen LogP contribution in [0.25, 0.3) is 0 Å². The van der Waals surface area contributed by atoms with E-state index in [-0.39, 0.29) is 5.56 Å². The van der Waals surface area contributed by atoms with Gasteiger partial charge < -0.3 is 10.2 Å². The summed E-state index contributed by atoms with van der Waals surface area (Å²) in [6, 6.07) is 2.38. The first-order chi connectivity index (χ1) is 10.2. The Kier molecular flexibility index (Phi) is 6.23. The molecule has 1 N–H and O–H groups in total. The van der Waals surface area contributed by atoms with Crippen LogP contribution >= 0.6 is 0 Å². The van der Waals surface area contributed by atoms with Gasteiger partial charge in [0.2, 0.25) is 0 Å². The fraction of sp³-hybridized carbons (Fsp3) is 0.750. The molecule has 5 heteroatoms. The largest absolute Gasteiger partial charge is 0.373 e. The molecule has 21 heavy (non-hydrogen) atoms. The second kappa shape index (κ2) is 8.17. The lowest BCUT2D eigenvalue weighted by atomic mass is 10.2. The van der Waals surface area contributed by atoms with Crippen molar-refractivity contribution in [1.29, 1.82) is 0 Å². The van der Waals surface area contributed by atoms with Crippen molar-refractivity contribution in [1.82, 2.24) is 15.1 Å². The zero-order valence-electron chi connectivity index (χ0n) is 13.3. The van der Waals surface area contributed by atoms with E-state index in [9.17, 15) is 4.79 Å². The molecule has 0 bridgehead atoms. The van der Waals surface area contributed by atoms with Gasteiger partial charge in [-0.25, -0.2) is 4.68 Å². The summed E-state index contributed by atoms with van der Waals surface area (Å²) in [4.78, 5) is 14.1. The minimum atomic E-state index is -0.00341. The monoisotopic (exact) mass is 292 g/mol. The van der Waals surface area contributed by atoms with Gasteiger partial charge in [0, 0.05) is 32.2 Å². The Bertz CT molecular complexity index is 479. The molecule has 1 fully saturated rings. The predicted octanol–water partition coefficient (Wildman–Crippen LogP) is 2.01. The van der Waals surface area contributed by atoms with Crippen molar-refractivity contribution in [3.8, 4) is 0 Å². The zero-order chi connectivity index (χ0) is 15.1. The second-order valence-corrected chi connectivity index (χ2v) is 5.99. The Morgan fingerprint density at radius 2 is 2.19 bits per heavy atom. The lowest BCUT2D eigenvalue weighted by molar-refractivity contribution is 0.474. The molecule has 0 aliphatic heterocycles. The molecular weight excluding hydrogens is 264 g/mol. The SMILES string of the molecule is CCCN(C)c1cnn(CCCNC2CCCC2)c(=O)c1. The Labute approximate surface area is 127 Å². The fourth-order valence-electron chi connectivity index (χ4n) is 2.93. The van der Waals surface area contributed by atoms with Crippen LogP contribution in [0.1, 0.15) is 45.4 Å². The third-order valence-corrected chi connectivity index (χ3v) is 4.19. The molecule has 1 heterocycles. The van der Waals surface area contributed by atoms with Crippen LogP contribution < -0.4 is 15.8 Å². The third kappa shape index (κ3) is 4.84. The highest BCUT2D eigenvalue weighted by Crippen LogP contribution is 2.17. The molecule has 1 aromatic rings. The molecular formula is C16H28N4O. The number of aromatic nitrogens is 2. The number of rotatable bonds is 8. The van der Waals surface area contributed by atoms with Gasteiger partial charge in [-0.05, 0) is 32.2 Å². The predicted molar refractivity (Wildman–Crippen MR) is 86.9 cm³/mol. The van der Waals surface area contributed by atoms with Gasteiger partial charge in [0.15, 0.2) is 0 Å². The third-order valence-electron chi connectivity index (χ3n) is 4.19. The van der Waals surface area contributed by atoms with Crippen molar-refractivity contribution >= 4 is 5.69 Å². The summed E-state index contributed by atoms with van der Waals surface area (Å²) < 4.78 is 1.57. The van der Waals surface area contributed by atoms with Crippen molar-refractivity contribution in [2.75, 3.05) is 25.0 Å². The first kappa shape index (κ1) is 16.0. The van der Waals surface area contributed by atoms with E-state index in [1.807, 2.05) is 7.05 Å². The highest BCUT2D eigenvalue weighted by molar-refractivity contribution is 5.41. The van der Waals surface area contributed by atoms with Gasteiger partial charge in [-0.1, -0.05) is 19.8 Å². The number of hydrogen-bond donors (Lipinski definition) is 1. The molecule has 0 aromatic carbocycles. The molecule has 2 rings (SSSR count). The summed E-state index contributed by atoms with van der Waals surface area (Å²) >= 11 is 0. The number of nitrogens with zero attached hydrogens (tertiary/aromatic N) is 3. The lowest BCUT2D eigenvalue weighted by Gasteiger charge is -2.18. The van der Waals surface area contributed by atoms with Crippen LogP contribution in [0.4, 0.5) is 5.69 Å². The summed E-state index contributed by atoms with van der Waals surface area (Å²) in [6.07, 6.45) is 9.12. The molecule has 118 valence electrons. The maximum absolute atomic E-state index is 12.1. The highest BCUT2D eigenvalue weighted by atomic mass is 16.1. The molecule has 1 aliphatic rings. The number of anilines is 1. The summed E-state index contributed by atoms with van der Waals surface area (Å²) in [6.45, 7) is 4.73. The van der Waals surface area contributed by atoms with Crippen LogP contribution in [0.3, 0.4) is 0 Å². The Hall–Kier alpha value is -1.36. The zero-order valence-corrected chi connectivity index (χ0v) is 13.3. The van der Waals surface area contributed by atoms with Crippen LogP contribution in [0.5, 0.6) is 0 Å². The normalized spacial score (nSPS) is 15.5. The minimum absolute atomic E-state index is 0.00341. The molecule has 0 amide bonds. The molecule has 0 saturated heterocycles. The van der Waals surface area contributed by atoms with Crippen molar-refractivity contribution in [3.05, 3.63) is 22.6 Å². The van der Waals surface area contributed by atoms with Crippen LogP contribution in [-0.2, 0) is 6.54 Å². The standard InChI is InChI=1S/C16H28N4O/c1-3-10-19(2)15-12-16(21)20(18-13-15)11-6-9-17-14-7-4-5-8-14/h12-14,17H,3-11H2,1-2H3. The van der Waals surface area contributed by atoms with E-state index in [2.05, 4.69) is 22.2 Å². The van der Waals surface area contributed by atoms with Gasteiger partial charge in [0.25, 0.3) is 5.56 Å². The maximum Gasteiger partial charge on any atom is 0.268 e. The number of aryl methyl sites for hydroxylation is 1. The molecule has 1 aliphatic carbocycles. The number of nitrogens with one attached hydrogen (secondary N) is 1. The minimum Gasteiger partial charge on any atom is -0.373 e. The van der Waals surface area contributed by atoms with Crippen LogP contribution in [-0.4, -0.2) is 36.0 Å². The molecule has 1 aromatic heterocycles. The summed E-state index contributed by atoms with van der Waals surface area (Å²) in [5, 5.41) is 7.85. The van der Waals surface area contributed by atoms with Crippen molar-refractivity contribution in [2.45, 2.75) is 58.0 Å². The van der Waals surface area contributed by atoms with Gasteiger partial charge in [0.1, 0.15) is 0 Å². The van der Waals surface area contributed by atoms with Gasteiger partial charge in [-0.2, -0.15) is 5.10 Å². The maximum atomic E-state index is 12.1. The van der Waals surface area contributed by atoms with E-state index in [0.717, 1.165) is 31.6 Å². The highest BCUT2D eigenvalue weighted by Gasteiger charge is 2.13. The lowest BCUT2D eigenvalue weighted by Crippen LogP contribution is -2.30. The summed E-state index contributed by atoms with van der Waals surface area (Å²) in [7, 11) is 2.00. The van der Waals surface area contributed by atoms with Crippen LogP contribution in [0, 0.1) is 0 Å². The second-order valence-electron chi connectivity index (χ2n) is 5.99. The quantitative estimate of drug-likeness (QED) is 0.745. The molecule has 1 saturated carbocycles. The first-order valence-corrected chi connectivity index (χ1v) is 8.22. The Morgan fingerprint density at radius 1 is 1.43 bits per heavy atom. The van der Waals surface area contributed by atoms with E-state index in [0.29, 0.717) is 12.6 Å². The summed E-state index contributed by atoms with van der Waals surface area (Å²) in [5.41, 5.74) is 0.901. The van der Waals surface area contributed by atoms with Gasteiger partial charge >= 0.3 is 0 Å².